The highest BCUT2D eigenvalue weighted by Gasteiger charge is 2.16. The summed E-state index contributed by atoms with van der Waals surface area (Å²) in [4.78, 5) is 24.0. The number of hydrogen-bond donors (Lipinski definition) is 1. The monoisotopic (exact) mass is 385 g/mol. The Hall–Kier alpha value is -3.05. The Morgan fingerprint density at radius 3 is 2.63 bits per heavy atom. The molecule has 0 aliphatic rings. The second-order valence-electron chi connectivity index (χ2n) is 5.58. The van der Waals surface area contributed by atoms with Gasteiger partial charge in [0, 0.05) is 16.8 Å². The minimum atomic E-state index is -0.948. The van der Waals surface area contributed by atoms with E-state index in [1.165, 1.54) is 13.0 Å². The summed E-state index contributed by atoms with van der Waals surface area (Å²) in [5.41, 5.74) is 1.33. The fraction of sp³-hybridized carbons (Fsp3) is 0.143. The zero-order valence-electron chi connectivity index (χ0n) is 14.9. The van der Waals surface area contributed by atoms with Crippen molar-refractivity contribution in [3.63, 3.8) is 0 Å². The number of halogens is 1. The molecule has 0 heterocycles. The zero-order valence-corrected chi connectivity index (χ0v) is 15.6. The fourth-order valence-electron chi connectivity index (χ4n) is 2.07. The van der Waals surface area contributed by atoms with E-state index < -0.39 is 18.0 Å². The number of amides is 1. The number of ether oxygens (including phenoxy) is 2. The van der Waals surface area contributed by atoms with Crippen molar-refractivity contribution in [2.75, 3.05) is 11.9 Å². The van der Waals surface area contributed by atoms with Crippen LogP contribution >= 0.6 is 11.6 Å². The smallest absolute Gasteiger partial charge is 0.331 e. The normalized spacial score (nSPS) is 11.6. The van der Waals surface area contributed by atoms with E-state index in [-0.39, 0.29) is 0 Å². The molecule has 27 heavy (non-hydrogen) atoms. The van der Waals surface area contributed by atoms with Gasteiger partial charge in [0.1, 0.15) is 12.4 Å². The van der Waals surface area contributed by atoms with Crippen LogP contribution in [0.15, 0.2) is 67.3 Å². The minimum Gasteiger partial charge on any atom is -0.490 e. The molecule has 0 radical (unpaired) electrons. The average Bonchev–Trinajstić information content (AvgIpc) is 2.65. The van der Waals surface area contributed by atoms with Crippen molar-refractivity contribution in [1.82, 2.24) is 0 Å². The number of carbonyl (C=O) groups excluding carboxylic acids is 2. The Labute approximate surface area is 163 Å². The van der Waals surface area contributed by atoms with E-state index in [1.54, 1.807) is 60.7 Å². The zero-order chi connectivity index (χ0) is 19.6. The van der Waals surface area contributed by atoms with Gasteiger partial charge in [0.05, 0.1) is 0 Å². The SMILES string of the molecule is C=CCOc1ccc(/C=C/C(=O)OC(C)C(=O)Nc2cccc(Cl)c2)cc1. The van der Waals surface area contributed by atoms with Crippen molar-refractivity contribution in [1.29, 1.82) is 0 Å². The third-order valence-corrected chi connectivity index (χ3v) is 3.65. The van der Waals surface area contributed by atoms with Gasteiger partial charge in [0.15, 0.2) is 6.10 Å². The number of benzene rings is 2. The molecule has 2 rings (SSSR count). The van der Waals surface area contributed by atoms with Gasteiger partial charge in [0.25, 0.3) is 5.91 Å². The summed E-state index contributed by atoms with van der Waals surface area (Å²) >= 11 is 5.87. The van der Waals surface area contributed by atoms with Crippen molar-refractivity contribution in [2.24, 2.45) is 0 Å². The highest BCUT2D eigenvalue weighted by Crippen LogP contribution is 2.16. The van der Waals surface area contributed by atoms with Crippen molar-refractivity contribution in [3.8, 4) is 5.75 Å². The summed E-state index contributed by atoms with van der Waals surface area (Å²) in [6.45, 7) is 5.51. The highest BCUT2D eigenvalue weighted by molar-refractivity contribution is 6.30. The van der Waals surface area contributed by atoms with Crippen molar-refractivity contribution in [3.05, 3.63) is 77.8 Å². The first-order chi connectivity index (χ1) is 13.0. The molecule has 1 amide bonds. The molecule has 1 N–H and O–H groups in total. The number of esters is 1. The summed E-state index contributed by atoms with van der Waals surface area (Å²) in [6, 6.07) is 13.9. The topological polar surface area (TPSA) is 64.6 Å². The first-order valence-corrected chi connectivity index (χ1v) is 8.64. The first kappa shape index (κ1) is 20.3. The Bertz CT molecular complexity index is 830. The quantitative estimate of drug-likeness (QED) is 0.413. The predicted molar refractivity (Wildman–Crippen MR) is 107 cm³/mol. The van der Waals surface area contributed by atoms with E-state index in [1.807, 2.05) is 0 Å². The third kappa shape index (κ3) is 6.99. The van der Waals surface area contributed by atoms with E-state index in [9.17, 15) is 9.59 Å². The van der Waals surface area contributed by atoms with Gasteiger partial charge in [-0.2, -0.15) is 0 Å². The molecule has 0 spiro atoms. The van der Waals surface area contributed by atoms with Gasteiger partial charge >= 0.3 is 5.97 Å². The van der Waals surface area contributed by atoms with Gasteiger partial charge in [-0.3, -0.25) is 4.79 Å². The maximum absolute atomic E-state index is 12.1. The molecule has 0 aromatic heterocycles. The lowest BCUT2D eigenvalue weighted by Crippen LogP contribution is -2.29. The van der Waals surface area contributed by atoms with Crippen LogP contribution in [-0.2, 0) is 14.3 Å². The molecule has 0 saturated carbocycles. The second kappa shape index (κ2) is 10.2. The molecule has 140 valence electrons. The number of rotatable bonds is 8. The molecular formula is C21H20ClNO4. The summed E-state index contributed by atoms with van der Waals surface area (Å²) in [6.07, 6.45) is 3.58. The molecule has 0 aliphatic heterocycles. The van der Waals surface area contributed by atoms with E-state index >= 15 is 0 Å². The van der Waals surface area contributed by atoms with Crippen LogP contribution in [0.5, 0.6) is 5.75 Å². The molecular weight excluding hydrogens is 366 g/mol. The van der Waals surface area contributed by atoms with Crippen LogP contribution < -0.4 is 10.1 Å². The largest absolute Gasteiger partial charge is 0.490 e. The lowest BCUT2D eigenvalue weighted by Gasteiger charge is -2.12. The maximum atomic E-state index is 12.1. The minimum absolute atomic E-state index is 0.427. The van der Waals surface area contributed by atoms with Crippen LogP contribution in [0.25, 0.3) is 6.08 Å². The summed E-state index contributed by atoms with van der Waals surface area (Å²) in [5.74, 6) is -0.348. The second-order valence-corrected chi connectivity index (χ2v) is 6.02. The number of anilines is 1. The van der Waals surface area contributed by atoms with Crippen LogP contribution in [0, 0.1) is 0 Å². The molecule has 0 fully saturated rings. The Kier molecular flexibility index (Phi) is 7.64. The Balaban J connectivity index is 1.85. The van der Waals surface area contributed by atoms with Gasteiger partial charge in [-0.15, -0.1) is 0 Å². The van der Waals surface area contributed by atoms with Crippen molar-refractivity contribution in [2.45, 2.75) is 13.0 Å². The van der Waals surface area contributed by atoms with Crippen molar-refractivity contribution >= 4 is 35.2 Å². The van der Waals surface area contributed by atoms with Crippen molar-refractivity contribution < 1.29 is 19.1 Å². The molecule has 0 saturated heterocycles. The molecule has 2 aromatic rings. The summed E-state index contributed by atoms with van der Waals surface area (Å²) in [7, 11) is 0. The number of nitrogens with one attached hydrogen (secondary N) is 1. The average molecular weight is 386 g/mol. The van der Waals surface area contributed by atoms with Crippen LogP contribution in [0.4, 0.5) is 5.69 Å². The number of hydrogen-bond acceptors (Lipinski definition) is 4. The van der Waals surface area contributed by atoms with Crippen LogP contribution in [-0.4, -0.2) is 24.6 Å². The fourth-order valence-corrected chi connectivity index (χ4v) is 2.26. The van der Waals surface area contributed by atoms with E-state index in [2.05, 4.69) is 11.9 Å². The van der Waals surface area contributed by atoms with Gasteiger partial charge in [-0.25, -0.2) is 4.79 Å². The molecule has 1 atom stereocenters. The van der Waals surface area contributed by atoms with Gasteiger partial charge in [-0.1, -0.05) is 42.5 Å². The highest BCUT2D eigenvalue weighted by atomic mass is 35.5. The standard InChI is InChI=1S/C21H20ClNO4/c1-3-13-26-19-10-7-16(8-11-19)9-12-20(24)27-15(2)21(25)23-18-6-4-5-17(22)14-18/h3-12,14-15H,1,13H2,2H3,(H,23,25)/b12-9+. The lowest BCUT2D eigenvalue weighted by atomic mass is 10.2. The molecule has 5 nitrogen and oxygen atoms in total. The summed E-state index contributed by atoms with van der Waals surface area (Å²) in [5, 5.41) is 3.14. The van der Waals surface area contributed by atoms with E-state index in [0.29, 0.717) is 23.1 Å². The molecule has 0 bridgehead atoms. The van der Waals surface area contributed by atoms with Gasteiger partial charge in [0.2, 0.25) is 0 Å². The van der Waals surface area contributed by atoms with Gasteiger partial charge in [-0.05, 0) is 48.9 Å². The maximum Gasteiger partial charge on any atom is 0.331 e. The third-order valence-electron chi connectivity index (χ3n) is 3.41. The molecule has 1 unspecified atom stereocenters. The Morgan fingerprint density at radius 1 is 1.22 bits per heavy atom. The van der Waals surface area contributed by atoms with Crippen LogP contribution in [0.1, 0.15) is 12.5 Å². The van der Waals surface area contributed by atoms with E-state index in [0.717, 1.165) is 5.56 Å². The van der Waals surface area contributed by atoms with E-state index in [4.69, 9.17) is 21.1 Å². The lowest BCUT2D eigenvalue weighted by molar-refractivity contribution is -0.148. The summed E-state index contributed by atoms with van der Waals surface area (Å²) < 4.78 is 10.5. The number of carbonyl (C=O) groups is 2. The first-order valence-electron chi connectivity index (χ1n) is 8.27. The van der Waals surface area contributed by atoms with Crippen LogP contribution in [0.3, 0.4) is 0 Å². The predicted octanol–water partition coefficient (Wildman–Crippen LogP) is 4.49. The Morgan fingerprint density at radius 2 is 1.96 bits per heavy atom. The molecule has 2 aromatic carbocycles. The van der Waals surface area contributed by atoms with Gasteiger partial charge < -0.3 is 14.8 Å². The molecule has 0 aliphatic carbocycles. The molecule has 6 heteroatoms. The van der Waals surface area contributed by atoms with Crippen LogP contribution in [0.2, 0.25) is 5.02 Å².